The van der Waals surface area contributed by atoms with Crippen molar-refractivity contribution in [2.45, 2.75) is 17.4 Å². The van der Waals surface area contributed by atoms with Crippen molar-refractivity contribution < 1.29 is 22.4 Å². The van der Waals surface area contributed by atoms with E-state index < -0.39 is 41.0 Å². The van der Waals surface area contributed by atoms with Crippen molar-refractivity contribution in [1.82, 2.24) is 5.32 Å². The second kappa shape index (κ2) is 6.72. The molecule has 0 spiro atoms. The van der Waals surface area contributed by atoms with Gasteiger partial charge in [-0.15, -0.1) is 11.8 Å². The summed E-state index contributed by atoms with van der Waals surface area (Å²) in [4.78, 5) is 12.9. The first-order chi connectivity index (χ1) is 11.5. The number of fused-ring (bicyclic) bond motifs is 1. The smallest absolute Gasteiger partial charge is 0.319 e. The molecular formula is C16H12F4N2OS. The average molecular weight is 356 g/mol. The fourth-order valence-corrected chi connectivity index (χ4v) is 3.56. The molecule has 2 aromatic carbocycles. The normalized spacial score (nSPS) is 16.4. The minimum absolute atomic E-state index is 0.421. The van der Waals surface area contributed by atoms with E-state index in [1.165, 1.54) is 12.1 Å². The highest BCUT2D eigenvalue weighted by Crippen LogP contribution is 2.36. The highest BCUT2D eigenvalue weighted by molar-refractivity contribution is 7.99. The number of carbonyl (C=O) groups excluding carboxylic acids is 1. The SMILES string of the molecule is O=C(Nc1ccc(F)c(F)c1F)NC1CCSc2ccc(F)cc21. The second-order valence-electron chi connectivity index (χ2n) is 5.19. The van der Waals surface area contributed by atoms with E-state index >= 15 is 0 Å². The van der Waals surface area contributed by atoms with Gasteiger partial charge in [-0.05, 0) is 42.3 Å². The number of urea groups is 1. The van der Waals surface area contributed by atoms with Crippen molar-refractivity contribution in [1.29, 1.82) is 0 Å². The van der Waals surface area contributed by atoms with Gasteiger partial charge in [0.25, 0.3) is 0 Å². The van der Waals surface area contributed by atoms with Gasteiger partial charge >= 0.3 is 6.03 Å². The van der Waals surface area contributed by atoms with Gasteiger partial charge in [-0.1, -0.05) is 0 Å². The van der Waals surface area contributed by atoms with Gasteiger partial charge in [0.1, 0.15) is 5.82 Å². The second-order valence-corrected chi connectivity index (χ2v) is 6.33. The summed E-state index contributed by atoms with van der Waals surface area (Å²) in [5.41, 5.74) is 0.156. The topological polar surface area (TPSA) is 41.1 Å². The largest absolute Gasteiger partial charge is 0.331 e. The van der Waals surface area contributed by atoms with E-state index in [0.717, 1.165) is 22.8 Å². The molecule has 3 rings (SSSR count). The molecule has 1 heterocycles. The number of amides is 2. The molecule has 0 radical (unpaired) electrons. The number of carbonyl (C=O) groups is 1. The predicted molar refractivity (Wildman–Crippen MR) is 83.0 cm³/mol. The molecule has 8 heteroatoms. The van der Waals surface area contributed by atoms with Crippen LogP contribution in [0.2, 0.25) is 0 Å². The number of halogens is 4. The van der Waals surface area contributed by atoms with E-state index in [4.69, 9.17) is 0 Å². The van der Waals surface area contributed by atoms with Gasteiger partial charge in [-0.3, -0.25) is 0 Å². The maximum absolute atomic E-state index is 13.6. The summed E-state index contributed by atoms with van der Waals surface area (Å²) < 4.78 is 53.1. The first-order valence-electron chi connectivity index (χ1n) is 7.09. The summed E-state index contributed by atoms with van der Waals surface area (Å²) in [5, 5.41) is 4.74. The molecule has 1 aliphatic heterocycles. The van der Waals surface area contributed by atoms with Crippen molar-refractivity contribution in [2.75, 3.05) is 11.1 Å². The third-order valence-corrected chi connectivity index (χ3v) is 4.72. The molecule has 126 valence electrons. The number of thioether (sulfide) groups is 1. The van der Waals surface area contributed by atoms with Gasteiger partial charge in [-0.25, -0.2) is 22.4 Å². The minimum atomic E-state index is -1.66. The summed E-state index contributed by atoms with van der Waals surface area (Å²) in [7, 11) is 0. The van der Waals surface area contributed by atoms with Gasteiger partial charge in [0.15, 0.2) is 17.5 Å². The van der Waals surface area contributed by atoms with Crippen LogP contribution in [-0.4, -0.2) is 11.8 Å². The molecule has 0 fully saturated rings. The Morgan fingerprint density at radius 1 is 1.08 bits per heavy atom. The van der Waals surface area contributed by atoms with Gasteiger partial charge in [0.2, 0.25) is 0 Å². The van der Waals surface area contributed by atoms with Crippen LogP contribution in [0.4, 0.5) is 28.0 Å². The summed E-state index contributed by atoms with van der Waals surface area (Å²) in [6.07, 6.45) is 0.564. The number of benzene rings is 2. The lowest BCUT2D eigenvalue weighted by molar-refractivity contribution is 0.248. The quantitative estimate of drug-likeness (QED) is 0.610. The lowest BCUT2D eigenvalue weighted by Gasteiger charge is -2.26. The Morgan fingerprint density at radius 2 is 1.88 bits per heavy atom. The zero-order chi connectivity index (χ0) is 17.3. The molecular weight excluding hydrogens is 344 g/mol. The maximum Gasteiger partial charge on any atom is 0.319 e. The van der Waals surface area contributed by atoms with Crippen LogP contribution in [0.15, 0.2) is 35.2 Å². The van der Waals surface area contributed by atoms with E-state index in [-0.39, 0.29) is 0 Å². The van der Waals surface area contributed by atoms with Gasteiger partial charge in [-0.2, -0.15) is 0 Å². The molecule has 1 aliphatic rings. The van der Waals surface area contributed by atoms with Crippen LogP contribution < -0.4 is 10.6 Å². The minimum Gasteiger partial charge on any atom is -0.331 e. The summed E-state index contributed by atoms with van der Waals surface area (Å²) in [6, 6.07) is 4.72. The predicted octanol–water partition coefficient (Wildman–Crippen LogP) is 4.60. The Morgan fingerprint density at radius 3 is 2.67 bits per heavy atom. The van der Waals surface area contributed by atoms with Crippen LogP contribution in [0, 0.1) is 23.3 Å². The first-order valence-corrected chi connectivity index (χ1v) is 8.07. The Balaban J connectivity index is 1.75. The van der Waals surface area contributed by atoms with Crippen molar-refractivity contribution in [3.05, 3.63) is 59.2 Å². The maximum atomic E-state index is 13.6. The van der Waals surface area contributed by atoms with Gasteiger partial charge < -0.3 is 10.6 Å². The number of anilines is 1. The number of hydrogen-bond donors (Lipinski definition) is 2. The highest BCUT2D eigenvalue weighted by atomic mass is 32.2. The molecule has 2 aromatic rings. The zero-order valence-electron chi connectivity index (χ0n) is 12.2. The Bertz CT molecular complexity index is 800. The lowest BCUT2D eigenvalue weighted by Crippen LogP contribution is -2.34. The first kappa shape index (κ1) is 16.6. The van der Waals surface area contributed by atoms with Crippen LogP contribution in [-0.2, 0) is 0 Å². The van der Waals surface area contributed by atoms with E-state index in [1.807, 2.05) is 0 Å². The van der Waals surface area contributed by atoms with Crippen LogP contribution in [0.5, 0.6) is 0 Å². The van der Waals surface area contributed by atoms with Crippen molar-refractivity contribution in [2.24, 2.45) is 0 Å². The molecule has 1 atom stereocenters. The van der Waals surface area contributed by atoms with E-state index in [0.29, 0.717) is 12.0 Å². The molecule has 0 aromatic heterocycles. The third-order valence-electron chi connectivity index (χ3n) is 3.60. The number of hydrogen-bond acceptors (Lipinski definition) is 2. The summed E-state index contributed by atoms with van der Waals surface area (Å²) in [5.74, 6) is -4.17. The van der Waals surface area contributed by atoms with E-state index in [2.05, 4.69) is 10.6 Å². The fourth-order valence-electron chi connectivity index (χ4n) is 2.45. The molecule has 0 saturated carbocycles. The van der Waals surface area contributed by atoms with Gasteiger partial charge in [0, 0.05) is 10.6 Å². The summed E-state index contributed by atoms with van der Waals surface area (Å²) in [6.45, 7) is 0. The third kappa shape index (κ3) is 3.33. The van der Waals surface area contributed by atoms with Crippen LogP contribution in [0.25, 0.3) is 0 Å². The molecule has 3 nitrogen and oxygen atoms in total. The van der Waals surface area contributed by atoms with E-state index in [9.17, 15) is 22.4 Å². The summed E-state index contributed by atoms with van der Waals surface area (Å²) >= 11 is 1.55. The molecule has 2 N–H and O–H groups in total. The van der Waals surface area contributed by atoms with Crippen LogP contribution in [0.3, 0.4) is 0 Å². The molecule has 2 amide bonds. The highest BCUT2D eigenvalue weighted by Gasteiger charge is 2.23. The molecule has 0 saturated heterocycles. The van der Waals surface area contributed by atoms with Crippen molar-refractivity contribution in [3.63, 3.8) is 0 Å². The molecule has 0 aliphatic carbocycles. The average Bonchev–Trinajstić information content (AvgIpc) is 2.56. The zero-order valence-corrected chi connectivity index (χ0v) is 13.0. The molecule has 0 bridgehead atoms. The Kier molecular flexibility index (Phi) is 4.66. The Hall–Kier alpha value is -2.22. The molecule has 1 unspecified atom stereocenters. The fraction of sp³-hybridized carbons (Fsp3) is 0.188. The number of nitrogens with one attached hydrogen (secondary N) is 2. The molecule has 24 heavy (non-hydrogen) atoms. The number of rotatable bonds is 2. The van der Waals surface area contributed by atoms with Gasteiger partial charge in [0.05, 0.1) is 11.7 Å². The van der Waals surface area contributed by atoms with E-state index in [1.54, 1.807) is 17.8 Å². The Labute approximate surface area is 139 Å². The monoisotopic (exact) mass is 356 g/mol. The lowest BCUT2D eigenvalue weighted by atomic mass is 10.0. The van der Waals surface area contributed by atoms with Crippen molar-refractivity contribution in [3.8, 4) is 0 Å². The standard InChI is InChI=1S/C16H12F4N2OS/c17-8-1-4-13-9(7-8)11(5-6-24-13)21-16(23)22-12-3-2-10(18)14(19)15(12)20/h1-4,7,11H,5-6H2,(H2,21,22,23). The van der Waals surface area contributed by atoms with Crippen molar-refractivity contribution >= 4 is 23.5 Å². The van der Waals surface area contributed by atoms with Crippen LogP contribution in [0.1, 0.15) is 18.0 Å². The van der Waals surface area contributed by atoms with Crippen LogP contribution >= 0.6 is 11.8 Å².